The fourth-order valence-electron chi connectivity index (χ4n) is 4.19. The van der Waals surface area contributed by atoms with E-state index in [2.05, 4.69) is 41.6 Å². The number of benzene rings is 1. The van der Waals surface area contributed by atoms with E-state index in [0.29, 0.717) is 46.0 Å². The number of aromatic nitrogens is 5. The molecule has 1 aromatic carbocycles. The topological polar surface area (TPSA) is 84.2 Å². The van der Waals surface area contributed by atoms with Crippen molar-refractivity contribution in [2.45, 2.75) is 18.2 Å². The SMILES string of the molecule is CCc1c(Oc2cccc(N3CCN(C)CC3)c2Cl)nc(NSc2cnn(C)c2)nc1-c1cccc(F)n1. The van der Waals surface area contributed by atoms with Crippen molar-refractivity contribution in [1.82, 2.24) is 29.6 Å². The van der Waals surface area contributed by atoms with Gasteiger partial charge in [0.15, 0.2) is 0 Å². The van der Waals surface area contributed by atoms with Crippen LogP contribution in [0, 0.1) is 5.95 Å². The second-order valence-electron chi connectivity index (χ2n) is 8.91. The van der Waals surface area contributed by atoms with E-state index in [1.54, 1.807) is 23.0 Å². The van der Waals surface area contributed by atoms with E-state index in [-0.39, 0.29) is 0 Å². The van der Waals surface area contributed by atoms with Crippen LogP contribution in [0.4, 0.5) is 16.0 Å². The van der Waals surface area contributed by atoms with E-state index in [4.69, 9.17) is 16.3 Å². The van der Waals surface area contributed by atoms with Crippen molar-refractivity contribution in [3.8, 4) is 23.0 Å². The monoisotopic (exact) mass is 554 g/mol. The highest BCUT2D eigenvalue weighted by Gasteiger charge is 2.22. The third-order valence-electron chi connectivity index (χ3n) is 6.22. The molecule has 0 saturated carbocycles. The third kappa shape index (κ3) is 5.85. The van der Waals surface area contributed by atoms with Crippen LogP contribution in [-0.4, -0.2) is 62.9 Å². The Morgan fingerprint density at radius 2 is 1.84 bits per heavy atom. The van der Waals surface area contributed by atoms with Crippen molar-refractivity contribution in [2.75, 3.05) is 42.8 Å². The minimum atomic E-state index is -0.590. The van der Waals surface area contributed by atoms with E-state index in [9.17, 15) is 4.39 Å². The first-order valence-corrected chi connectivity index (χ1v) is 13.5. The van der Waals surface area contributed by atoms with Gasteiger partial charge in [-0.2, -0.15) is 14.5 Å². The maximum Gasteiger partial charge on any atom is 0.237 e. The van der Waals surface area contributed by atoms with Gasteiger partial charge in [-0.3, -0.25) is 9.40 Å². The number of likely N-dealkylation sites (N-methyl/N-ethyl adjacent to an activating group) is 1. The summed E-state index contributed by atoms with van der Waals surface area (Å²) in [7, 11) is 3.96. The predicted molar refractivity (Wildman–Crippen MR) is 149 cm³/mol. The largest absolute Gasteiger partial charge is 0.437 e. The van der Waals surface area contributed by atoms with Gasteiger partial charge in [-0.15, -0.1) is 0 Å². The Morgan fingerprint density at radius 1 is 1.05 bits per heavy atom. The molecule has 0 radical (unpaired) electrons. The number of anilines is 2. The van der Waals surface area contributed by atoms with Crippen LogP contribution in [0.5, 0.6) is 11.6 Å². The number of rotatable bonds is 8. The van der Waals surface area contributed by atoms with Crippen LogP contribution >= 0.6 is 23.5 Å². The second-order valence-corrected chi connectivity index (χ2v) is 10.2. The first kappa shape index (κ1) is 26.2. The van der Waals surface area contributed by atoms with E-state index in [1.807, 2.05) is 38.4 Å². The van der Waals surface area contributed by atoms with Gasteiger partial charge in [0.2, 0.25) is 17.8 Å². The normalized spacial score (nSPS) is 14.1. The number of hydrogen-bond donors (Lipinski definition) is 1. The predicted octanol–water partition coefficient (Wildman–Crippen LogP) is 5.29. The molecular weight excluding hydrogens is 527 g/mol. The van der Waals surface area contributed by atoms with Gasteiger partial charge in [-0.1, -0.05) is 30.7 Å². The number of halogens is 2. The van der Waals surface area contributed by atoms with Crippen LogP contribution in [0.1, 0.15) is 12.5 Å². The number of ether oxygens (including phenoxy) is 1. The summed E-state index contributed by atoms with van der Waals surface area (Å²) < 4.78 is 25.3. The Kier molecular flexibility index (Phi) is 7.96. The van der Waals surface area contributed by atoms with Crippen LogP contribution in [-0.2, 0) is 13.5 Å². The molecule has 12 heteroatoms. The Balaban J connectivity index is 1.52. The summed E-state index contributed by atoms with van der Waals surface area (Å²) in [5.41, 5.74) is 2.49. The highest BCUT2D eigenvalue weighted by atomic mass is 35.5. The lowest BCUT2D eigenvalue weighted by molar-refractivity contribution is 0.313. The molecule has 0 amide bonds. The average molecular weight is 555 g/mol. The van der Waals surface area contributed by atoms with Crippen molar-refractivity contribution in [3.05, 3.63) is 65.3 Å². The Hall–Kier alpha value is -3.41. The number of nitrogens with one attached hydrogen (secondary N) is 1. The molecule has 5 rings (SSSR count). The number of piperazine rings is 1. The van der Waals surface area contributed by atoms with Crippen LogP contribution in [0.3, 0.4) is 0 Å². The van der Waals surface area contributed by atoms with E-state index < -0.39 is 5.95 Å². The number of nitrogens with zero attached hydrogens (tertiary/aromatic N) is 7. The number of pyridine rings is 1. The number of aryl methyl sites for hydroxylation is 1. The molecule has 4 heterocycles. The highest BCUT2D eigenvalue weighted by Crippen LogP contribution is 2.39. The van der Waals surface area contributed by atoms with Gasteiger partial charge in [0.05, 0.1) is 22.5 Å². The zero-order chi connectivity index (χ0) is 26.6. The lowest BCUT2D eigenvalue weighted by Crippen LogP contribution is -2.44. The standard InChI is InChI=1S/C26H28ClFN8OS/c1-4-18-24(19-7-5-10-22(28)30-19)31-26(33-38-17-15-29-35(3)16-17)32-25(18)37-21-9-6-8-20(23(21)27)36-13-11-34(2)12-14-36/h5-10,15-16H,4,11-14H2,1-3H3,(H,31,32,33). The van der Waals surface area contributed by atoms with Crippen molar-refractivity contribution >= 4 is 35.2 Å². The molecule has 1 aliphatic heterocycles. The maximum atomic E-state index is 14.1. The zero-order valence-electron chi connectivity index (χ0n) is 21.4. The van der Waals surface area contributed by atoms with Crippen LogP contribution in [0.15, 0.2) is 53.7 Å². The molecule has 1 fully saturated rings. The van der Waals surface area contributed by atoms with E-state index in [0.717, 1.165) is 36.8 Å². The quantitative estimate of drug-likeness (QED) is 0.231. The molecule has 4 aromatic rings. The van der Waals surface area contributed by atoms with Gasteiger partial charge in [-0.05, 0) is 49.7 Å². The van der Waals surface area contributed by atoms with Gasteiger partial charge >= 0.3 is 0 Å². The summed E-state index contributed by atoms with van der Waals surface area (Å²) in [6.45, 7) is 5.64. The molecule has 0 spiro atoms. The molecule has 0 unspecified atom stereocenters. The van der Waals surface area contributed by atoms with Crippen molar-refractivity contribution in [1.29, 1.82) is 0 Å². The number of hydrogen-bond acceptors (Lipinski definition) is 9. The second kappa shape index (κ2) is 11.5. The maximum absolute atomic E-state index is 14.1. The summed E-state index contributed by atoms with van der Waals surface area (Å²) >= 11 is 8.18. The van der Waals surface area contributed by atoms with Gasteiger partial charge in [-0.25, -0.2) is 9.97 Å². The highest BCUT2D eigenvalue weighted by molar-refractivity contribution is 8.00. The summed E-state index contributed by atoms with van der Waals surface area (Å²) in [5.74, 6) is 0.516. The first-order chi connectivity index (χ1) is 18.4. The zero-order valence-corrected chi connectivity index (χ0v) is 22.9. The molecule has 9 nitrogen and oxygen atoms in total. The van der Waals surface area contributed by atoms with Crippen LogP contribution < -0.4 is 14.4 Å². The average Bonchev–Trinajstić information content (AvgIpc) is 3.34. The smallest absolute Gasteiger partial charge is 0.237 e. The van der Waals surface area contributed by atoms with Crippen molar-refractivity contribution in [2.24, 2.45) is 7.05 Å². The lowest BCUT2D eigenvalue weighted by atomic mass is 10.1. The minimum Gasteiger partial charge on any atom is -0.437 e. The summed E-state index contributed by atoms with van der Waals surface area (Å²) in [5, 5.41) is 4.70. The molecule has 0 atom stereocenters. The summed E-state index contributed by atoms with van der Waals surface area (Å²) in [6, 6.07) is 10.4. The fraction of sp³-hybridized carbons (Fsp3) is 0.308. The molecule has 0 aliphatic carbocycles. The third-order valence-corrected chi connectivity index (χ3v) is 7.33. The fourth-order valence-corrected chi connectivity index (χ4v) is 5.08. The molecule has 38 heavy (non-hydrogen) atoms. The molecule has 1 saturated heterocycles. The first-order valence-electron chi connectivity index (χ1n) is 12.3. The summed E-state index contributed by atoms with van der Waals surface area (Å²) in [4.78, 5) is 18.8. The van der Waals surface area contributed by atoms with Crippen molar-refractivity contribution in [3.63, 3.8) is 0 Å². The van der Waals surface area contributed by atoms with E-state index >= 15 is 0 Å². The van der Waals surface area contributed by atoms with Crippen molar-refractivity contribution < 1.29 is 9.13 Å². The Labute approximate surface area is 230 Å². The van der Waals surface area contributed by atoms with Crippen LogP contribution in [0.25, 0.3) is 11.4 Å². The van der Waals surface area contributed by atoms with E-state index in [1.165, 1.54) is 18.0 Å². The van der Waals surface area contributed by atoms with Gasteiger partial charge < -0.3 is 14.5 Å². The Morgan fingerprint density at radius 3 is 2.55 bits per heavy atom. The van der Waals surface area contributed by atoms with Gasteiger partial charge in [0.25, 0.3) is 0 Å². The minimum absolute atomic E-state index is 0.290. The van der Waals surface area contributed by atoms with Gasteiger partial charge in [0, 0.05) is 45.0 Å². The molecule has 0 bridgehead atoms. The Bertz CT molecular complexity index is 1430. The van der Waals surface area contributed by atoms with Crippen LogP contribution in [0.2, 0.25) is 5.02 Å². The molecule has 1 N–H and O–H groups in total. The lowest BCUT2D eigenvalue weighted by Gasteiger charge is -2.34. The van der Waals surface area contributed by atoms with Gasteiger partial charge in [0.1, 0.15) is 16.5 Å². The summed E-state index contributed by atoms with van der Waals surface area (Å²) in [6.07, 6.45) is 4.14. The molecule has 198 valence electrons. The molecular formula is C26H28ClFN8OS. The molecule has 3 aromatic heterocycles. The molecule has 1 aliphatic rings.